The number of anilines is 1. The Hall–Kier alpha value is -2.38. The number of aryl methyl sites for hydroxylation is 1. The summed E-state index contributed by atoms with van der Waals surface area (Å²) < 4.78 is 33.1. The lowest BCUT2D eigenvalue weighted by atomic mass is 9.94. The maximum atomic E-state index is 13.2. The van der Waals surface area contributed by atoms with Crippen molar-refractivity contribution in [2.24, 2.45) is 11.8 Å². The van der Waals surface area contributed by atoms with E-state index in [2.05, 4.69) is 13.8 Å². The van der Waals surface area contributed by atoms with Crippen LogP contribution in [-0.2, 0) is 16.4 Å². The lowest BCUT2D eigenvalue weighted by Crippen LogP contribution is -2.42. The average Bonchev–Trinajstić information content (AvgIpc) is 2.77. The number of rotatable bonds is 4. The van der Waals surface area contributed by atoms with E-state index in [0.29, 0.717) is 37.0 Å². The predicted molar refractivity (Wildman–Crippen MR) is 121 cm³/mol. The van der Waals surface area contributed by atoms with Crippen molar-refractivity contribution in [2.45, 2.75) is 38.0 Å². The molecule has 1 fully saturated rings. The predicted octanol–water partition coefficient (Wildman–Crippen LogP) is 3.95. The maximum absolute atomic E-state index is 13.2. The summed E-state index contributed by atoms with van der Waals surface area (Å²) in [6.45, 7) is 5.91. The number of carbonyl (C=O) groups is 1. The Morgan fingerprint density at radius 3 is 2.35 bits per heavy atom. The van der Waals surface area contributed by atoms with Crippen molar-refractivity contribution < 1.29 is 17.9 Å². The third-order valence-electron chi connectivity index (χ3n) is 6.22. The number of fused-ring (bicyclic) bond motifs is 1. The molecule has 0 saturated carbocycles. The van der Waals surface area contributed by atoms with Gasteiger partial charge in [0, 0.05) is 30.9 Å². The summed E-state index contributed by atoms with van der Waals surface area (Å²) in [5.74, 6) is 1.36. The van der Waals surface area contributed by atoms with E-state index in [0.717, 1.165) is 36.3 Å². The number of sulfonamides is 1. The summed E-state index contributed by atoms with van der Waals surface area (Å²) >= 11 is 0. The molecule has 2 atom stereocenters. The first kappa shape index (κ1) is 21.8. The number of hydrogen-bond acceptors (Lipinski definition) is 4. The van der Waals surface area contributed by atoms with Crippen LogP contribution in [0.4, 0.5) is 5.69 Å². The molecular weight excluding hydrogens is 412 g/mol. The van der Waals surface area contributed by atoms with Gasteiger partial charge in [-0.15, -0.1) is 0 Å². The Morgan fingerprint density at radius 1 is 1.03 bits per heavy atom. The Labute approximate surface area is 184 Å². The number of hydrogen-bond donors (Lipinski definition) is 0. The van der Waals surface area contributed by atoms with E-state index >= 15 is 0 Å². The van der Waals surface area contributed by atoms with Crippen LogP contribution in [0.25, 0.3) is 0 Å². The van der Waals surface area contributed by atoms with Crippen LogP contribution in [0.1, 0.15) is 42.6 Å². The Kier molecular flexibility index (Phi) is 6.08. The van der Waals surface area contributed by atoms with Crippen LogP contribution in [-0.4, -0.2) is 45.4 Å². The molecule has 2 aromatic rings. The highest BCUT2D eigenvalue weighted by atomic mass is 32.2. The highest BCUT2D eigenvalue weighted by Crippen LogP contribution is 2.32. The molecule has 0 aromatic heterocycles. The highest BCUT2D eigenvalue weighted by molar-refractivity contribution is 7.89. The molecule has 0 radical (unpaired) electrons. The van der Waals surface area contributed by atoms with Crippen LogP contribution >= 0.6 is 0 Å². The van der Waals surface area contributed by atoms with Gasteiger partial charge in [-0.05, 0) is 79.1 Å². The third-order valence-corrected chi connectivity index (χ3v) is 8.07. The lowest BCUT2D eigenvalue weighted by Gasteiger charge is -2.34. The summed E-state index contributed by atoms with van der Waals surface area (Å²) in [6, 6.07) is 12.1. The molecule has 6 nitrogen and oxygen atoms in total. The number of piperidine rings is 1. The van der Waals surface area contributed by atoms with E-state index in [-0.39, 0.29) is 10.8 Å². The Morgan fingerprint density at radius 2 is 1.71 bits per heavy atom. The molecule has 0 bridgehead atoms. The molecule has 0 unspecified atom stereocenters. The number of carbonyl (C=O) groups excluding carboxylic acids is 1. The summed E-state index contributed by atoms with van der Waals surface area (Å²) in [4.78, 5) is 15.2. The van der Waals surface area contributed by atoms with E-state index in [4.69, 9.17) is 4.74 Å². The van der Waals surface area contributed by atoms with Crippen LogP contribution < -0.4 is 9.64 Å². The fraction of sp³-hybridized carbons (Fsp3) is 0.458. The molecule has 2 aliphatic rings. The van der Waals surface area contributed by atoms with Crippen molar-refractivity contribution in [3.63, 3.8) is 0 Å². The zero-order valence-electron chi connectivity index (χ0n) is 18.4. The molecule has 166 valence electrons. The minimum atomic E-state index is -3.56. The van der Waals surface area contributed by atoms with Gasteiger partial charge >= 0.3 is 0 Å². The van der Waals surface area contributed by atoms with Crippen molar-refractivity contribution in [1.82, 2.24) is 4.31 Å². The van der Waals surface area contributed by atoms with Gasteiger partial charge in [-0.1, -0.05) is 13.8 Å². The van der Waals surface area contributed by atoms with Crippen LogP contribution in [0.15, 0.2) is 47.4 Å². The maximum Gasteiger partial charge on any atom is 0.258 e. The van der Waals surface area contributed by atoms with Gasteiger partial charge < -0.3 is 9.64 Å². The number of methoxy groups -OCH3 is 1. The van der Waals surface area contributed by atoms with Gasteiger partial charge in [0.05, 0.1) is 12.0 Å². The zero-order chi connectivity index (χ0) is 22.2. The molecule has 0 N–H and O–H groups in total. The summed E-state index contributed by atoms with van der Waals surface area (Å²) in [5.41, 5.74) is 2.47. The van der Waals surface area contributed by atoms with E-state index in [9.17, 15) is 13.2 Å². The summed E-state index contributed by atoms with van der Waals surface area (Å²) in [7, 11) is -1.92. The Bertz CT molecular complexity index is 1060. The van der Waals surface area contributed by atoms with E-state index in [1.807, 2.05) is 18.2 Å². The molecule has 1 saturated heterocycles. The normalized spacial score (nSPS) is 22.1. The topological polar surface area (TPSA) is 66.9 Å². The van der Waals surface area contributed by atoms with Crippen molar-refractivity contribution in [3.8, 4) is 5.75 Å². The van der Waals surface area contributed by atoms with Crippen LogP contribution in [0, 0.1) is 11.8 Å². The second-order valence-corrected chi connectivity index (χ2v) is 10.8. The van der Waals surface area contributed by atoms with Gasteiger partial charge in [-0.3, -0.25) is 4.79 Å². The fourth-order valence-electron chi connectivity index (χ4n) is 4.79. The molecule has 2 aromatic carbocycles. The van der Waals surface area contributed by atoms with E-state index in [1.54, 1.807) is 40.6 Å². The molecule has 7 heteroatoms. The number of ether oxygens (including phenoxy) is 1. The molecule has 4 rings (SSSR count). The molecule has 2 aliphatic heterocycles. The summed E-state index contributed by atoms with van der Waals surface area (Å²) in [5, 5.41) is 0. The van der Waals surface area contributed by atoms with Gasteiger partial charge in [0.2, 0.25) is 10.0 Å². The van der Waals surface area contributed by atoms with Crippen molar-refractivity contribution >= 4 is 21.6 Å². The molecule has 0 spiro atoms. The van der Waals surface area contributed by atoms with Gasteiger partial charge in [0.15, 0.2) is 0 Å². The largest absolute Gasteiger partial charge is 0.497 e. The monoisotopic (exact) mass is 442 g/mol. The minimum absolute atomic E-state index is 0.115. The first-order valence-electron chi connectivity index (χ1n) is 10.9. The average molecular weight is 443 g/mol. The smallest absolute Gasteiger partial charge is 0.258 e. The number of amides is 1. The van der Waals surface area contributed by atoms with E-state index < -0.39 is 10.0 Å². The molecule has 2 heterocycles. The van der Waals surface area contributed by atoms with Crippen LogP contribution in [0.5, 0.6) is 5.75 Å². The standard InChI is InChI=1S/C24H30N2O4S/c1-17-13-18(2)16-25(15-17)31(28,29)22-9-6-19(7-10-22)24(27)26-12-4-5-20-14-21(30-3)8-11-23(20)26/h6-11,14,17-18H,4-5,12-13,15-16H2,1-3H3/t17-,18-/m1/s1. The molecular formula is C24H30N2O4S. The Balaban J connectivity index is 1.56. The number of nitrogens with zero attached hydrogens (tertiary/aromatic N) is 2. The fourth-order valence-corrected chi connectivity index (χ4v) is 6.47. The van der Waals surface area contributed by atoms with Crippen molar-refractivity contribution in [3.05, 3.63) is 53.6 Å². The first-order chi connectivity index (χ1) is 14.8. The second-order valence-electron chi connectivity index (χ2n) is 8.85. The highest BCUT2D eigenvalue weighted by Gasteiger charge is 2.32. The molecule has 1 amide bonds. The van der Waals surface area contributed by atoms with Gasteiger partial charge in [-0.2, -0.15) is 4.31 Å². The van der Waals surface area contributed by atoms with E-state index in [1.165, 1.54) is 0 Å². The quantitative estimate of drug-likeness (QED) is 0.719. The summed E-state index contributed by atoms with van der Waals surface area (Å²) in [6.07, 6.45) is 2.83. The first-order valence-corrected chi connectivity index (χ1v) is 12.3. The SMILES string of the molecule is COc1ccc2c(c1)CCCN2C(=O)c1ccc(S(=O)(=O)N2C[C@H](C)C[C@@H](C)C2)cc1. The lowest BCUT2D eigenvalue weighted by molar-refractivity contribution is 0.0985. The van der Waals surface area contributed by atoms with Crippen LogP contribution in [0.2, 0.25) is 0 Å². The minimum Gasteiger partial charge on any atom is -0.497 e. The van der Waals surface area contributed by atoms with Crippen molar-refractivity contribution in [1.29, 1.82) is 0 Å². The van der Waals surface area contributed by atoms with Gasteiger partial charge in [0.25, 0.3) is 5.91 Å². The van der Waals surface area contributed by atoms with Gasteiger partial charge in [0.1, 0.15) is 5.75 Å². The molecule has 31 heavy (non-hydrogen) atoms. The number of benzene rings is 2. The molecule has 0 aliphatic carbocycles. The second kappa shape index (κ2) is 8.63. The van der Waals surface area contributed by atoms with Crippen molar-refractivity contribution in [2.75, 3.05) is 31.6 Å². The van der Waals surface area contributed by atoms with Gasteiger partial charge in [-0.25, -0.2) is 8.42 Å². The third kappa shape index (κ3) is 4.34. The zero-order valence-corrected chi connectivity index (χ0v) is 19.2. The van der Waals surface area contributed by atoms with Crippen LogP contribution in [0.3, 0.4) is 0 Å².